The van der Waals surface area contributed by atoms with Gasteiger partial charge in [0, 0.05) is 29.5 Å². The second-order valence-electron chi connectivity index (χ2n) is 5.39. The van der Waals surface area contributed by atoms with Crippen molar-refractivity contribution in [2.75, 3.05) is 6.54 Å². The third kappa shape index (κ3) is 3.09. The lowest BCUT2D eigenvalue weighted by Gasteiger charge is -2.41. The zero-order valence-electron chi connectivity index (χ0n) is 11.0. The van der Waals surface area contributed by atoms with Crippen LogP contribution in [0.2, 0.25) is 0 Å². The van der Waals surface area contributed by atoms with Crippen molar-refractivity contribution in [2.45, 2.75) is 57.7 Å². The lowest BCUT2D eigenvalue weighted by atomic mass is 9.93. The number of nitrogens with zero attached hydrogens (tertiary/aromatic N) is 1. The molecule has 2 rings (SSSR count). The van der Waals surface area contributed by atoms with Crippen molar-refractivity contribution in [2.24, 2.45) is 5.73 Å². The van der Waals surface area contributed by atoms with Crippen molar-refractivity contribution in [3.63, 3.8) is 0 Å². The third-order valence-electron chi connectivity index (χ3n) is 3.82. The van der Waals surface area contributed by atoms with Gasteiger partial charge in [0.2, 0.25) is 0 Å². The van der Waals surface area contributed by atoms with Gasteiger partial charge in [0.1, 0.15) is 0 Å². The summed E-state index contributed by atoms with van der Waals surface area (Å²) in [5.74, 6) is 0. The van der Waals surface area contributed by atoms with Gasteiger partial charge in [-0.1, -0.05) is 19.4 Å². The van der Waals surface area contributed by atoms with Crippen LogP contribution in [-0.4, -0.2) is 23.0 Å². The number of hydrogen-bond acceptors (Lipinski definition) is 3. The van der Waals surface area contributed by atoms with Gasteiger partial charge in [-0.05, 0) is 37.6 Å². The van der Waals surface area contributed by atoms with E-state index in [-0.39, 0.29) is 5.54 Å². The predicted molar refractivity (Wildman–Crippen MR) is 75.3 cm³/mol. The van der Waals surface area contributed by atoms with E-state index in [4.69, 9.17) is 5.73 Å². The van der Waals surface area contributed by atoms with Gasteiger partial charge < -0.3 is 5.73 Å². The van der Waals surface area contributed by atoms with Gasteiger partial charge in [0.15, 0.2) is 0 Å². The molecule has 0 spiro atoms. The van der Waals surface area contributed by atoms with Crippen molar-refractivity contribution in [3.8, 4) is 0 Å². The summed E-state index contributed by atoms with van der Waals surface area (Å²) >= 11 is 1.86. The van der Waals surface area contributed by atoms with Crippen LogP contribution < -0.4 is 5.73 Å². The van der Waals surface area contributed by atoms with E-state index >= 15 is 0 Å². The lowest BCUT2D eigenvalue weighted by molar-refractivity contribution is 0.0839. The van der Waals surface area contributed by atoms with Crippen molar-refractivity contribution < 1.29 is 0 Å². The summed E-state index contributed by atoms with van der Waals surface area (Å²) in [6.07, 6.45) is 5.11. The average molecular weight is 252 g/mol. The molecule has 0 radical (unpaired) electrons. The van der Waals surface area contributed by atoms with Crippen LogP contribution in [0.5, 0.6) is 0 Å². The SMILES string of the molecule is CCCC(C)(CN)N(Cc1cccs1)C1CC1. The fourth-order valence-corrected chi connectivity index (χ4v) is 3.32. The van der Waals surface area contributed by atoms with Crippen molar-refractivity contribution in [1.82, 2.24) is 4.90 Å². The summed E-state index contributed by atoms with van der Waals surface area (Å²) < 4.78 is 0. The number of rotatable bonds is 7. The summed E-state index contributed by atoms with van der Waals surface area (Å²) in [6.45, 7) is 6.44. The zero-order valence-corrected chi connectivity index (χ0v) is 11.8. The highest BCUT2D eigenvalue weighted by atomic mass is 32.1. The number of thiophene rings is 1. The molecule has 3 heteroatoms. The molecule has 1 unspecified atom stereocenters. The fourth-order valence-electron chi connectivity index (χ4n) is 2.62. The van der Waals surface area contributed by atoms with E-state index in [1.807, 2.05) is 11.3 Å². The van der Waals surface area contributed by atoms with Crippen LogP contribution in [0.4, 0.5) is 0 Å². The molecule has 1 aliphatic rings. The Morgan fingerprint density at radius 1 is 1.53 bits per heavy atom. The minimum atomic E-state index is 0.180. The Hall–Kier alpha value is -0.380. The summed E-state index contributed by atoms with van der Waals surface area (Å²) in [7, 11) is 0. The smallest absolute Gasteiger partial charge is 0.0336 e. The molecule has 0 bridgehead atoms. The summed E-state index contributed by atoms with van der Waals surface area (Å²) in [5.41, 5.74) is 6.23. The molecule has 0 amide bonds. The van der Waals surface area contributed by atoms with Crippen LogP contribution in [0.15, 0.2) is 17.5 Å². The highest BCUT2D eigenvalue weighted by Gasteiger charge is 2.39. The second kappa shape index (κ2) is 5.51. The average Bonchev–Trinajstić information content (AvgIpc) is 3.03. The Morgan fingerprint density at radius 2 is 2.29 bits per heavy atom. The molecule has 0 aromatic carbocycles. The summed E-state index contributed by atoms with van der Waals surface area (Å²) in [5, 5.41) is 2.17. The van der Waals surface area contributed by atoms with E-state index in [2.05, 4.69) is 36.3 Å². The summed E-state index contributed by atoms with van der Waals surface area (Å²) in [6, 6.07) is 5.16. The first kappa shape index (κ1) is 13.1. The molecule has 2 N–H and O–H groups in total. The molecular weight excluding hydrogens is 228 g/mol. The molecule has 1 atom stereocenters. The topological polar surface area (TPSA) is 29.3 Å². The number of hydrogen-bond donors (Lipinski definition) is 1. The van der Waals surface area contributed by atoms with Gasteiger partial charge >= 0.3 is 0 Å². The van der Waals surface area contributed by atoms with E-state index < -0.39 is 0 Å². The quantitative estimate of drug-likeness (QED) is 0.807. The van der Waals surface area contributed by atoms with Gasteiger partial charge in [0.25, 0.3) is 0 Å². The van der Waals surface area contributed by atoms with E-state index in [1.54, 1.807) is 0 Å². The molecule has 0 saturated heterocycles. The minimum absolute atomic E-state index is 0.180. The Kier molecular flexibility index (Phi) is 4.23. The molecule has 96 valence electrons. The maximum absolute atomic E-state index is 6.05. The van der Waals surface area contributed by atoms with Gasteiger partial charge in [-0.15, -0.1) is 11.3 Å². The molecule has 1 aromatic rings. The Labute approximate surface area is 109 Å². The molecule has 1 fully saturated rings. The van der Waals surface area contributed by atoms with Crippen LogP contribution in [-0.2, 0) is 6.54 Å². The van der Waals surface area contributed by atoms with Gasteiger partial charge in [-0.2, -0.15) is 0 Å². The Balaban J connectivity index is 2.10. The zero-order chi connectivity index (χ0) is 12.3. The van der Waals surface area contributed by atoms with E-state index in [9.17, 15) is 0 Å². The first-order valence-corrected chi connectivity index (χ1v) is 7.57. The standard InChI is InChI=1S/C14H24N2S/c1-3-8-14(2,11-15)16(12-6-7-12)10-13-5-4-9-17-13/h4-5,9,12H,3,6-8,10-11,15H2,1-2H3. The normalized spacial score (nSPS) is 19.5. The van der Waals surface area contributed by atoms with Gasteiger partial charge in [0.05, 0.1) is 0 Å². The van der Waals surface area contributed by atoms with Crippen LogP contribution in [0, 0.1) is 0 Å². The monoisotopic (exact) mass is 252 g/mol. The lowest BCUT2D eigenvalue weighted by Crippen LogP contribution is -2.52. The fraction of sp³-hybridized carbons (Fsp3) is 0.714. The van der Waals surface area contributed by atoms with Crippen LogP contribution in [0.25, 0.3) is 0 Å². The minimum Gasteiger partial charge on any atom is -0.329 e. The largest absolute Gasteiger partial charge is 0.329 e. The van der Waals surface area contributed by atoms with Crippen LogP contribution in [0.3, 0.4) is 0 Å². The maximum Gasteiger partial charge on any atom is 0.0336 e. The molecule has 1 saturated carbocycles. The highest BCUT2D eigenvalue weighted by Crippen LogP contribution is 2.36. The molecule has 2 nitrogen and oxygen atoms in total. The van der Waals surface area contributed by atoms with Crippen molar-refractivity contribution in [3.05, 3.63) is 22.4 Å². The first-order valence-electron chi connectivity index (χ1n) is 6.69. The summed E-state index contributed by atoms with van der Waals surface area (Å²) in [4.78, 5) is 4.12. The predicted octanol–water partition coefficient (Wildman–Crippen LogP) is 3.23. The molecule has 1 heterocycles. The highest BCUT2D eigenvalue weighted by molar-refractivity contribution is 7.09. The van der Waals surface area contributed by atoms with E-state index in [0.717, 1.165) is 19.1 Å². The van der Waals surface area contributed by atoms with E-state index in [1.165, 1.54) is 30.6 Å². The maximum atomic E-state index is 6.05. The third-order valence-corrected chi connectivity index (χ3v) is 4.68. The Bertz CT molecular complexity index is 332. The first-order chi connectivity index (χ1) is 8.19. The molecule has 17 heavy (non-hydrogen) atoms. The van der Waals surface area contributed by atoms with Gasteiger partial charge in [-0.25, -0.2) is 0 Å². The van der Waals surface area contributed by atoms with Gasteiger partial charge in [-0.3, -0.25) is 4.90 Å². The van der Waals surface area contributed by atoms with Crippen molar-refractivity contribution >= 4 is 11.3 Å². The van der Waals surface area contributed by atoms with Crippen LogP contribution in [0.1, 0.15) is 44.4 Å². The molecule has 1 aliphatic carbocycles. The number of nitrogens with two attached hydrogens (primary N) is 1. The Morgan fingerprint density at radius 3 is 2.76 bits per heavy atom. The van der Waals surface area contributed by atoms with Crippen LogP contribution >= 0.6 is 11.3 Å². The van der Waals surface area contributed by atoms with Crippen molar-refractivity contribution in [1.29, 1.82) is 0 Å². The molecule has 1 aromatic heterocycles. The molecule has 0 aliphatic heterocycles. The second-order valence-corrected chi connectivity index (χ2v) is 6.42. The van der Waals surface area contributed by atoms with E-state index in [0.29, 0.717) is 0 Å². The molecular formula is C14H24N2S.